The van der Waals surface area contributed by atoms with E-state index in [0.717, 1.165) is 28.5 Å². The summed E-state index contributed by atoms with van der Waals surface area (Å²) in [5.74, 6) is 0.00881. The van der Waals surface area contributed by atoms with Crippen LogP contribution in [0.1, 0.15) is 23.7 Å². The highest BCUT2D eigenvalue weighted by Gasteiger charge is 2.33. The second kappa shape index (κ2) is 8.97. The Bertz CT molecular complexity index is 1040. The second-order valence-corrected chi connectivity index (χ2v) is 7.80. The Morgan fingerprint density at radius 3 is 2.31 bits per heavy atom. The Hall–Kier alpha value is -3.05. The molecule has 0 aliphatic carbocycles. The Labute approximate surface area is 175 Å². The largest absolute Gasteiger partial charge is 0.348 e. The van der Waals surface area contributed by atoms with Crippen molar-refractivity contribution in [1.29, 1.82) is 0 Å². The Balaban J connectivity index is 1.64. The molecule has 0 saturated carbocycles. The minimum Gasteiger partial charge on any atom is -0.348 e. The van der Waals surface area contributed by atoms with Crippen LogP contribution in [0.5, 0.6) is 0 Å². The summed E-state index contributed by atoms with van der Waals surface area (Å²) < 4.78 is 2.13. The Kier molecular flexibility index (Phi) is 5.96. The molecule has 1 aliphatic rings. The number of carbonyl (C=O) groups excluding carboxylic acids is 1. The molecule has 1 aromatic heterocycles. The van der Waals surface area contributed by atoms with Crippen LogP contribution in [0.25, 0.3) is 6.08 Å². The van der Waals surface area contributed by atoms with Gasteiger partial charge in [0.15, 0.2) is 5.17 Å². The van der Waals surface area contributed by atoms with Crippen molar-refractivity contribution in [2.45, 2.75) is 26.6 Å². The average molecular weight is 402 g/mol. The lowest BCUT2D eigenvalue weighted by molar-refractivity contribution is -0.122. The molecular weight excluding hydrogens is 378 g/mol. The van der Waals surface area contributed by atoms with Crippen LogP contribution >= 0.6 is 11.8 Å². The van der Waals surface area contributed by atoms with Gasteiger partial charge >= 0.3 is 0 Å². The summed E-state index contributed by atoms with van der Waals surface area (Å²) in [7, 11) is 0. The summed E-state index contributed by atoms with van der Waals surface area (Å²) in [5.41, 5.74) is 3.25. The van der Waals surface area contributed by atoms with E-state index in [2.05, 4.69) is 23.6 Å². The fourth-order valence-electron chi connectivity index (χ4n) is 3.25. The number of aryl methyl sites for hydroxylation is 1. The molecule has 0 atom stereocenters. The second-order valence-electron chi connectivity index (χ2n) is 6.79. The van der Waals surface area contributed by atoms with Gasteiger partial charge in [0.05, 0.1) is 18.0 Å². The number of thioether (sulfide) groups is 1. The van der Waals surface area contributed by atoms with Crippen molar-refractivity contribution in [3.05, 3.63) is 101 Å². The van der Waals surface area contributed by atoms with Gasteiger partial charge in [0.25, 0.3) is 5.91 Å². The zero-order chi connectivity index (χ0) is 20.1. The third-order valence-corrected chi connectivity index (χ3v) is 5.84. The van der Waals surface area contributed by atoms with E-state index in [-0.39, 0.29) is 5.91 Å². The summed E-state index contributed by atoms with van der Waals surface area (Å²) in [6.45, 7) is 4.04. The van der Waals surface area contributed by atoms with Crippen LogP contribution in [0.4, 0.5) is 0 Å². The molecule has 3 aromatic rings. The fraction of sp³-hybridized carbons (Fsp3) is 0.167. The van der Waals surface area contributed by atoms with Crippen molar-refractivity contribution in [2.24, 2.45) is 4.99 Å². The Morgan fingerprint density at radius 2 is 1.62 bits per heavy atom. The van der Waals surface area contributed by atoms with Crippen LogP contribution in [0.2, 0.25) is 0 Å². The molecule has 5 heteroatoms. The van der Waals surface area contributed by atoms with Gasteiger partial charge < -0.3 is 4.57 Å². The monoisotopic (exact) mass is 401 g/mol. The van der Waals surface area contributed by atoms with Gasteiger partial charge in [0.2, 0.25) is 0 Å². The average Bonchev–Trinajstić information content (AvgIpc) is 3.33. The molecule has 146 valence electrons. The number of aromatic nitrogens is 1. The van der Waals surface area contributed by atoms with E-state index < -0.39 is 0 Å². The summed E-state index contributed by atoms with van der Waals surface area (Å²) in [6, 6.07) is 24.2. The first-order chi connectivity index (χ1) is 14.2. The maximum Gasteiger partial charge on any atom is 0.267 e. The van der Waals surface area contributed by atoms with E-state index >= 15 is 0 Å². The number of benzene rings is 2. The number of aliphatic imine (C=N–C) groups is 1. The van der Waals surface area contributed by atoms with Crippen molar-refractivity contribution in [3.8, 4) is 0 Å². The van der Waals surface area contributed by atoms with Crippen LogP contribution < -0.4 is 0 Å². The van der Waals surface area contributed by atoms with E-state index in [1.807, 2.05) is 72.9 Å². The van der Waals surface area contributed by atoms with E-state index in [4.69, 9.17) is 4.99 Å². The third-order valence-electron chi connectivity index (χ3n) is 4.80. The molecule has 0 bridgehead atoms. The number of carbonyl (C=O) groups is 1. The molecule has 1 fully saturated rings. The quantitative estimate of drug-likeness (QED) is 0.534. The smallest absolute Gasteiger partial charge is 0.267 e. The van der Waals surface area contributed by atoms with E-state index in [1.165, 1.54) is 11.8 Å². The van der Waals surface area contributed by atoms with Gasteiger partial charge in [-0.1, -0.05) is 60.7 Å². The maximum absolute atomic E-state index is 13.2. The molecule has 0 N–H and O–H groups in total. The molecule has 0 radical (unpaired) electrons. The molecule has 1 amide bonds. The van der Waals surface area contributed by atoms with Crippen LogP contribution in [0.3, 0.4) is 0 Å². The van der Waals surface area contributed by atoms with Crippen LogP contribution in [0, 0.1) is 0 Å². The number of rotatable bonds is 6. The first-order valence-corrected chi connectivity index (χ1v) is 10.5. The SMILES string of the molecule is CCn1cccc1/C=C1\SC(=NCc2ccccc2)N(Cc2ccccc2)C1=O. The molecule has 29 heavy (non-hydrogen) atoms. The van der Waals surface area contributed by atoms with Crippen LogP contribution in [-0.2, 0) is 24.4 Å². The van der Waals surface area contributed by atoms with Crippen molar-refractivity contribution in [3.63, 3.8) is 0 Å². The predicted molar refractivity (Wildman–Crippen MR) is 120 cm³/mol. The highest BCUT2D eigenvalue weighted by molar-refractivity contribution is 8.18. The topological polar surface area (TPSA) is 37.6 Å². The van der Waals surface area contributed by atoms with Gasteiger partial charge in [-0.25, -0.2) is 0 Å². The van der Waals surface area contributed by atoms with Crippen molar-refractivity contribution in [2.75, 3.05) is 0 Å². The molecule has 2 heterocycles. The molecule has 0 unspecified atom stereocenters. The molecule has 0 spiro atoms. The first kappa shape index (κ1) is 19.3. The van der Waals surface area contributed by atoms with Gasteiger partial charge in [-0.3, -0.25) is 14.7 Å². The number of amides is 1. The summed E-state index contributed by atoms with van der Waals surface area (Å²) in [6.07, 6.45) is 4.00. The number of hydrogen-bond acceptors (Lipinski definition) is 3. The van der Waals surface area contributed by atoms with Gasteiger partial charge in [-0.2, -0.15) is 0 Å². The van der Waals surface area contributed by atoms with Gasteiger partial charge in [0, 0.05) is 18.4 Å². The molecule has 2 aromatic carbocycles. The number of nitrogens with zero attached hydrogens (tertiary/aromatic N) is 3. The minimum atomic E-state index is 0.00881. The van der Waals surface area contributed by atoms with Crippen LogP contribution in [0.15, 0.2) is 88.9 Å². The van der Waals surface area contributed by atoms with E-state index in [0.29, 0.717) is 18.0 Å². The predicted octanol–water partition coefficient (Wildman–Crippen LogP) is 5.18. The van der Waals surface area contributed by atoms with E-state index in [1.54, 1.807) is 4.90 Å². The summed E-state index contributed by atoms with van der Waals surface area (Å²) in [4.78, 5) is 20.5. The van der Waals surface area contributed by atoms with Gasteiger partial charge in [0.1, 0.15) is 0 Å². The Morgan fingerprint density at radius 1 is 0.931 bits per heavy atom. The summed E-state index contributed by atoms with van der Waals surface area (Å²) in [5, 5.41) is 0.753. The standard InChI is InChI=1S/C24H23N3OS/c1-2-26-15-9-14-21(26)16-22-23(28)27(18-20-12-7-4-8-13-20)24(29-22)25-17-19-10-5-3-6-11-19/h3-16H,2,17-18H2,1H3/b22-16-,25-24?. The molecule has 4 nitrogen and oxygen atoms in total. The lowest BCUT2D eigenvalue weighted by Crippen LogP contribution is -2.28. The lowest BCUT2D eigenvalue weighted by Gasteiger charge is -2.15. The normalized spacial score (nSPS) is 16.9. The van der Waals surface area contributed by atoms with Crippen molar-refractivity contribution in [1.82, 2.24) is 9.47 Å². The van der Waals surface area contributed by atoms with Crippen LogP contribution in [-0.4, -0.2) is 20.5 Å². The van der Waals surface area contributed by atoms with Crippen molar-refractivity contribution < 1.29 is 4.79 Å². The zero-order valence-electron chi connectivity index (χ0n) is 16.4. The summed E-state index contributed by atoms with van der Waals surface area (Å²) >= 11 is 1.46. The molecular formula is C24H23N3OS. The highest BCUT2D eigenvalue weighted by Crippen LogP contribution is 2.34. The van der Waals surface area contributed by atoms with Crippen molar-refractivity contribution >= 4 is 28.9 Å². The first-order valence-electron chi connectivity index (χ1n) is 9.73. The van der Waals surface area contributed by atoms with Gasteiger partial charge in [-0.05, 0) is 48.0 Å². The highest BCUT2D eigenvalue weighted by atomic mass is 32.2. The molecule has 1 aliphatic heterocycles. The minimum absolute atomic E-state index is 0.00881. The number of amidine groups is 1. The third kappa shape index (κ3) is 4.51. The maximum atomic E-state index is 13.2. The van der Waals surface area contributed by atoms with E-state index in [9.17, 15) is 4.79 Å². The molecule has 1 saturated heterocycles. The fourth-order valence-corrected chi connectivity index (χ4v) is 4.21. The number of hydrogen-bond donors (Lipinski definition) is 0. The zero-order valence-corrected chi connectivity index (χ0v) is 17.2. The molecule has 4 rings (SSSR count). The van der Waals surface area contributed by atoms with Gasteiger partial charge in [-0.15, -0.1) is 0 Å². The lowest BCUT2D eigenvalue weighted by atomic mass is 10.2.